The third kappa shape index (κ3) is 2.45. The van der Waals surface area contributed by atoms with Crippen molar-refractivity contribution in [1.82, 2.24) is 0 Å². The van der Waals surface area contributed by atoms with Crippen molar-refractivity contribution in [3.05, 3.63) is 101 Å². The van der Waals surface area contributed by atoms with Gasteiger partial charge in [-0.2, -0.15) is 0 Å². The topological polar surface area (TPSA) is 80.8 Å². The van der Waals surface area contributed by atoms with Crippen LogP contribution in [0, 0.1) is 17.7 Å². The molecule has 0 bridgehead atoms. The third-order valence-electron chi connectivity index (χ3n) is 6.71. The maximum absolute atomic E-state index is 13.9. The quantitative estimate of drug-likeness (QED) is 0.449. The molecule has 0 aromatic heterocycles. The van der Waals surface area contributed by atoms with E-state index in [0.717, 1.165) is 11.0 Å². The van der Waals surface area contributed by atoms with Gasteiger partial charge in [0.1, 0.15) is 5.82 Å². The summed E-state index contributed by atoms with van der Waals surface area (Å²) in [7, 11) is 0. The summed E-state index contributed by atoms with van der Waals surface area (Å²) in [5.41, 5.74) is -1.18. The predicted molar refractivity (Wildman–Crippen MR) is 114 cm³/mol. The molecule has 0 radical (unpaired) electrons. The van der Waals surface area contributed by atoms with Crippen molar-refractivity contribution in [2.75, 3.05) is 4.90 Å². The van der Waals surface area contributed by atoms with Crippen LogP contribution in [0.25, 0.3) is 0 Å². The van der Waals surface area contributed by atoms with Crippen molar-refractivity contribution < 1.29 is 28.3 Å². The maximum atomic E-state index is 13.9. The molecular weight excluding hydrogens is 425 g/mol. The Balaban J connectivity index is 1.56. The van der Waals surface area contributed by atoms with Gasteiger partial charge < -0.3 is 4.74 Å². The first-order valence-electron chi connectivity index (χ1n) is 10.5. The van der Waals surface area contributed by atoms with Gasteiger partial charge >= 0.3 is 0 Å². The molecule has 0 N–H and O–H groups in total. The van der Waals surface area contributed by atoms with Gasteiger partial charge in [-0.25, -0.2) is 9.29 Å². The number of rotatable bonds is 2. The van der Waals surface area contributed by atoms with Crippen LogP contribution in [0.2, 0.25) is 0 Å². The van der Waals surface area contributed by atoms with Crippen molar-refractivity contribution >= 4 is 29.1 Å². The molecule has 6 nitrogen and oxygen atoms in total. The average Bonchev–Trinajstić information content (AvgIpc) is 3.40. The molecule has 0 saturated carbocycles. The Bertz CT molecular complexity index is 1330. The van der Waals surface area contributed by atoms with Crippen LogP contribution in [0.5, 0.6) is 0 Å². The van der Waals surface area contributed by atoms with Crippen molar-refractivity contribution in [1.29, 1.82) is 0 Å². The molecule has 6 rings (SSSR count). The molecule has 162 valence electrons. The van der Waals surface area contributed by atoms with Crippen LogP contribution >= 0.6 is 0 Å². The number of carbonyl (C=O) groups is 4. The second kappa shape index (κ2) is 6.76. The molecule has 3 aromatic rings. The zero-order valence-electron chi connectivity index (χ0n) is 17.1. The van der Waals surface area contributed by atoms with Gasteiger partial charge in [0.15, 0.2) is 0 Å². The van der Waals surface area contributed by atoms with Gasteiger partial charge in [0.25, 0.3) is 0 Å². The van der Waals surface area contributed by atoms with E-state index in [1.165, 1.54) is 30.3 Å². The average molecular weight is 441 g/mol. The fraction of sp³-hybridized carbons (Fsp3) is 0.154. The highest BCUT2D eigenvalue weighted by atomic mass is 19.1. The van der Waals surface area contributed by atoms with E-state index in [1.807, 2.05) is 0 Å². The summed E-state index contributed by atoms with van der Waals surface area (Å²) in [6.45, 7) is 0. The van der Waals surface area contributed by atoms with Crippen LogP contribution in [0.3, 0.4) is 0 Å². The third-order valence-corrected chi connectivity index (χ3v) is 6.71. The number of amides is 2. The van der Waals surface area contributed by atoms with Crippen LogP contribution in [0.1, 0.15) is 32.4 Å². The van der Waals surface area contributed by atoms with Crippen molar-refractivity contribution in [2.45, 2.75) is 11.7 Å². The van der Waals surface area contributed by atoms with Gasteiger partial charge in [-0.1, -0.05) is 60.7 Å². The number of hydrogen-bond acceptors (Lipinski definition) is 5. The van der Waals surface area contributed by atoms with Crippen LogP contribution < -0.4 is 4.90 Å². The Kier molecular flexibility index (Phi) is 4.04. The summed E-state index contributed by atoms with van der Waals surface area (Å²) in [5, 5.41) is 0. The summed E-state index contributed by atoms with van der Waals surface area (Å²) < 4.78 is 20.1. The summed E-state index contributed by atoms with van der Waals surface area (Å²) in [6, 6.07) is 20.1. The second-order valence-corrected chi connectivity index (χ2v) is 8.38. The fourth-order valence-corrected chi connectivity index (χ4v) is 5.33. The van der Waals surface area contributed by atoms with Crippen molar-refractivity contribution in [3.8, 4) is 0 Å². The molecule has 3 aliphatic rings. The lowest BCUT2D eigenvalue weighted by atomic mass is 9.77. The first kappa shape index (κ1) is 19.7. The first-order chi connectivity index (χ1) is 15.9. The monoisotopic (exact) mass is 441 g/mol. The number of anilines is 1. The van der Waals surface area contributed by atoms with E-state index >= 15 is 0 Å². The number of hydrogen-bond donors (Lipinski definition) is 0. The minimum absolute atomic E-state index is 0.0526. The molecule has 3 atom stereocenters. The number of ketones is 2. The Morgan fingerprint density at radius 3 is 2.03 bits per heavy atom. The van der Waals surface area contributed by atoms with E-state index in [2.05, 4.69) is 0 Å². The van der Waals surface area contributed by atoms with Gasteiger partial charge in [0.2, 0.25) is 29.0 Å². The molecule has 2 fully saturated rings. The summed E-state index contributed by atoms with van der Waals surface area (Å²) in [5.74, 6) is -5.70. The predicted octanol–water partition coefficient (Wildman–Crippen LogP) is 3.52. The molecule has 3 aromatic carbocycles. The Labute approximate surface area is 187 Å². The molecule has 2 saturated heterocycles. The molecule has 33 heavy (non-hydrogen) atoms. The molecule has 3 unspecified atom stereocenters. The normalized spacial score (nSPS) is 25.1. The lowest BCUT2D eigenvalue weighted by Gasteiger charge is -2.27. The number of fused-ring (bicyclic) bond motifs is 3. The first-order valence-corrected chi connectivity index (χ1v) is 10.5. The number of carbonyl (C=O) groups excluding carboxylic acids is 4. The summed E-state index contributed by atoms with van der Waals surface area (Å²) in [6.07, 6.45) is -0.992. The van der Waals surface area contributed by atoms with Gasteiger partial charge in [-0.3, -0.25) is 19.2 Å². The number of nitrogens with zero attached hydrogens (tertiary/aromatic N) is 1. The Morgan fingerprint density at radius 1 is 0.758 bits per heavy atom. The minimum atomic E-state index is -2.14. The van der Waals surface area contributed by atoms with Crippen LogP contribution in [0.15, 0.2) is 78.9 Å². The second-order valence-electron chi connectivity index (χ2n) is 8.38. The highest BCUT2D eigenvalue weighted by Crippen LogP contribution is 2.57. The molecule has 2 amide bonds. The molecule has 7 heteroatoms. The lowest BCUT2D eigenvalue weighted by molar-refractivity contribution is -0.127. The molecule has 2 heterocycles. The number of halogens is 1. The van der Waals surface area contributed by atoms with E-state index in [0.29, 0.717) is 5.56 Å². The van der Waals surface area contributed by atoms with Crippen molar-refractivity contribution in [3.63, 3.8) is 0 Å². The molecule has 1 aliphatic carbocycles. The molecular formula is C26H16FNO5. The maximum Gasteiger partial charge on any atom is 0.241 e. The van der Waals surface area contributed by atoms with Crippen LogP contribution in [0.4, 0.5) is 10.1 Å². The summed E-state index contributed by atoms with van der Waals surface area (Å²) >= 11 is 0. The van der Waals surface area contributed by atoms with Gasteiger partial charge in [0, 0.05) is 11.1 Å². The standard InChI is InChI=1S/C26H16FNO5/c27-15-9-6-10-16(13-15)28-24(31)19-20(25(28)32)26(33-21(19)14-7-2-1-3-8-14)22(29)17-11-4-5-12-18(17)23(26)30/h1-13,19-21H. The molecule has 2 aliphatic heterocycles. The highest BCUT2D eigenvalue weighted by molar-refractivity contribution is 6.37. The number of ether oxygens (including phenoxy) is 1. The van der Waals surface area contributed by atoms with Gasteiger partial charge in [0.05, 0.1) is 23.6 Å². The van der Waals surface area contributed by atoms with Crippen LogP contribution in [-0.2, 0) is 14.3 Å². The Morgan fingerprint density at radius 2 is 1.39 bits per heavy atom. The Hall–Kier alpha value is -3.97. The zero-order chi connectivity index (χ0) is 22.9. The van der Waals surface area contributed by atoms with Gasteiger partial charge in [-0.05, 0) is 23.8 Å². The fourth-order valence-electron chi connectivity index (χ4n) is 5.33. The van der Waals surface area contributed by atoms with E-state index in [4.69, 9.17) is 4.74 Å². The number of benzene rings is 3. The van der Waals surface area contributed by atoms with E-state index in [9.17, 15) is 23.6 Å². The smallest absolute Gasteiger partial charge is 0.241 e. The minimum Gasteiger partial charge on any atom is -0.349 e. The number of imide groups is 1. The highest BCUT2D eigenvalue weighted by Gasteiger charge is 2.74. The number of Topliss-reactive ketones (excluding diaryl/α,β-unsaturated/α-hetero) is 2. The SMILES string of the molecule is O=C1C2C(c3ccccc3)OC3(C(=O)c4ccccc4C3=O)C2C(=O)N1c1cccc(F)c1. The lowest BCUT2D eigenvalue weighted by Crippen LogP contribution is -2.51. The zero-order valence-corrected chi connectivity index (χ0v) is 17.1. The van der Waals surface area contributed by atoms with Gasteiger partial charge in [-0.15, -0.1) is 0 Å². The molecule has 1 spiro atoms. The van der Waals surface area contributed by atoms with Crippen LogP contribution in [-0.4, -0.2) is 29.0 Å². The van der Waals surface area contributed by atoms with Crippen molar-refractivity contribution in [2.24, 2.45) is 11.8 Å². The largest absolute Gasteiger partial charge is 0.349 e. The van der Waals surface area contributed by atoms with E-state index < -0.39 is 52.7 Å². The summed E-state index contributed by atoms with van der Waals surface area (Å²) in [4.78, 5) is 55.4. The van der Waals surface area contributed by atoms with E-state index in [-0.39, 0.29) is 16.8 Å². The van der Waals surface area contributed by atoms with E-state index in [1.54, 1.807) is 42.5 Å².